The lowest BCUT2D eigenvalue weighted by atomic mass is 10.4. The van der Waals surface area contributed by atoms with E-state index in [2.05, 4.69) is 8.62 Å². The van der Waals surface area contributed by atoms with Gasteiger partial charge in [0.2, 0.25) is 0 Å². The van der Waals surface area contributed by atoms with Gasteiger partial charge in [-0.05, 0) is 12.1 Å². The molecule has 10 heteroatoms. The Morgan fingerprint density at radius 3 is 1.75 bits per heavy atom. The molecule has 0 N–H and O–H groups in total. The molecule has 0 unspecified atom stereocenters. The summed E-state index contributed by atoms with van der Waals surface area (Å²) in [6.45, 7) is 0. The fourth-order valence-corrected chi connectivity index (χ4v) is 3.86. The van der Waals surface area contributed by atoms with Crippen LogP contribution in [0, 0.1) is 0 Å². The highest BCUT2D eigenvalue weighted by atomic mass is 31.3. The molecule has 0 heterocycles. The van der Waals surface area contributed by atoms with Crippen LogP contribution in [0.4, 0.5) is 16.8 Å². The molecule has 0 bridgehead atoms. The van der Waals surface area contributed by atoms with Crippen LogP contribution in [0.25, 0.3) is 0 Å². The first-order valence-electron chi connectivity index (χ1n) is 3.72. The number of hydrogen-bond donors (Lipinski definition) is 0. The summed E-state index contributed by atoms with van der Waals surface area (Å²) in [5.74, 6) is 0. The normalized spacial score (nSPS) is 12.4. The van der Waals surface area contributed by atoms with E-state index in [9.17, 15) is 21.4 Å². The summed E-state index contributed by atoms with van der Waals surface area (Å²) in [5, 5.41) is -0.319. The molecular weight excluding hydrogens is 289 g/mol. The van der Waals surface area contributed by atoms with Crippen molar-refractivity contribution in [3.8, 4) is 0 Å². The largest absolute Gasteiger partial charge is 0.423 e. The van der Waals surface area contributed by atoms with Gasteiger partial charge in [-0.25, -0.2) is 8.62 Å². The summed E-state index contributed by atoms with van der Waals surface area (Å²) in [7, 11) is -12.7. The average Bonchev–Trinajstić information content (AvgIpc) is 2.16. The van der Waals surface area contributed by atoms with Crippen molar-refractivity contribution in [1.82, 2.24) is 0 Å². The van der Waals surface area contributed by atoms with Crippen LogP contribution in [-0.4, -0.2) is 0 Å². The quantitative estimate of drug-likeness (QED) is 0.574. The van der Waals surface area contributed by atoms with Crippen molar-refractivity contribution in [2.75, 3.05) is 0 Å². The van der Waals surface area contributed by atoms with Crippen LogP contribution in [0.1, 0.15) is 0 Å². The molecule has 1 aromatic carbocycles. The number of halogens is 4. The molecule has 0 aliphatic rings. The van der Waals surface area contributed by atoms with Gasteiger partial charge in [-0.1, -0.05) is 18.2 Å². The third kappa shape index (κ3) is 4.08. The second kappa shape index (κ2) is 6.04. The van der Waals surface area contributed by atoms with Gasteiger partial charge < -0.3 is 0 Å². The highest BCUT2D eigenvalue weighted by molar-refractivity contribution is 7.72. The number of rotatable bonds is 5. The molecule has 90 valence electrons. The van der Waals surface area contributed by atoms with Gasteiger partial charge >= 0.3 is 25.1 Å². The van der Waals surface area contributed by atoms with Crippen LogP contribution < -0.4 is 5.30 Å². The Labute approximate surface area is 91.4 Å². The minimum atomic E-state index is -4.63. The SMILES string of the molecule is O=P(OP(F)F)(OP(F)F)c1ccccc1. The van der Waals surface area contributed by atoms with Crippen LogP contribution >= 0.6 is 25.1 Å². The van der Waals surface area contributed by atoms with Crippen molar-refractivity contribution in [2.45, 2.75) is 0 Å². The standard InChI is InChI=1S/C6H5F4O3P3/c7-14(8)12-16(11,13-15(9)10)6-4-2-1-3-5-6/h1-5H. The molecule has 0 atom stereocenters. The third-order valence-electron chi connectivity index (χ3n) is 1.41. The number of hydrogen-bond acceptors (Lipinski definition) is 3. The number of benzene rings is 1. The molecule has 0 fully saturated rings. The van der Waals surface area contributed by atoms with Gasteiger partial charge in [0.05, 0.1) is 5.30 Å². The second-order valence-corrected chi connectivity index (χ2v) is 6.03. The van der Waals surface area contributed by atoms with E-state index in [4.69, 9.17) is 0 Å². The van der Waals surface area contributed by atoms with Crippen molar-refractivity contribution in [1.29, 1.82) is 0 Å². The van der Waals surface area contributed by atoms with Crippen LogP contribution in [0.5, 0.6) is 0 Å². The lowest BCUT2D eigenvalue weighted by Gasteiger charge is -2.15. The molecule has 1 rings (SSSR count). The Morgan fingerprint density at radius 1 is 0.938 bits per heavy atom. The zero-order chi connectivity index (χ0) is 12.2. The Morgan fingerprint density at radius 2 is 1.38 bits per heavy atom. The van der Waals surface area contributed by atoms with Crippen LogP contribution in [0.15, 0.2) is 30.3 Å². The molecule has 3 nitrogen and oxygen atoms in total. The lowest BCUT2D eigenvalue weighted by molar-refractivity contribution is 0.386. The van der Waals surface area contributed by atoms with Crippen molar-refractivity contribution >= 4 is 30.4 Å². The predicted molar refractivity (Wildman–Crippen MR) is 54.1 cm³/mol. The molecule has 0 saturated heterocycles. The Hall–Kier alpha value is -0.0500. The molecule has 0 aliphatic carbocycles. The Bertz CT molecular complexity index is 361. The average molecular weight is 294 g/mol. The van der Waals surface area contributed by atoms with Gasteiger partial charge in [-0.3, -0.25) is 4.57 Å². The second-order valence-electron chi connectivity index (χ2n) is 2.40. The van der Waals surface area contributed by atoms with E-state index >= 15 is 0 Å². The molecule has 1 aromatic rings. The predicted octanol–water partition coefficient (Wildman–Crippen LogP) is 4.87. The maximum atomic E-state index is 12.0. The minimum absolute atomic E-state index is 0.319. The first-order chi connectivity index (χ1) is 7.44. The van der Waals surface area contributed by atoms with E-state index in [1.807, 2.05) is 0 Å². The minimum Gasteiger partial charge on any atom is -0.254 e. The van der Waals surface area contributed by atoms with E-state index in [1.165, 1.54) is 18.2 Å². The van der Waals surface area contributed by atoms with Gasteiger partial charge in [0, 0.05) is 0 Å². The van der Waals surface area contributed by atoms with Crippen LogP contribution in [0.2, 0.25) is 0 Å². The van der Waals surface area contributed by atoms with E-state index in [0.717, 1.165) is 12.1 Å². The molecule has 0 aromatic heterocycles. The van der Waals surface area contributed by atoms with Crippen molar-refractivity contribution in [2.24, 2.45) is 0 Å². The van der Waals surface area contributed by atoms with Crippen molar-refractivity contribution < 1.29 is 30.0 Å². The van der Waals surface area contributed by atoms with Gasteiger partial charge in [-0.2, -0.15) is 16.8 Å². The van der Waals surface area contributed by atoms with E-state index < -0.39 is 25.1 Å². The summed E-state index contributed by atoms with van der Waals surface area (Å²) in [6, 6.07) is 6.46. The summed E-state index contributed by atoms with van der Waals surface area (Å²) in [4.78, 5) is 0. The molecule has 0 amide bonds. The van der Waals surface area contributed by atoms with Gasteiger partial charge in [0.25, 0.3) is 0 Å². The summed E-state index contributed by atoms with van der Waals surface area (Å²) >= 11 is 0. The summed E-state index contributed by atoms with van der Waals surface area (Å²) < 4.78 is 67.2. The topological polar surface area (TPSA) is 35.5 Å². The summed E-state index contributed by atoms with van der Waals surface area (Å²) in [6.07, 6.45) is 0. The van der Waals surface area contributed by atoms with E-state index in [0.29, 0.717) is 0 Å². The van der Waals surface area contributed by atoms with E-state index in [-0.39, 0.29) is 5.30 Å². The molecule has 0 saturated carbocycles. The monoisotopic (exact) mass is 294 g/mol. The van der Waals surface area contributed by atoms with Gasteiger partial charge in [0.15, 0.2) is 0 Å². The molecule has 0 aliphatic heterocycles. The zero-order valence-corrected chi connectivity index (χ0v) is 10.1. The zero-order valence-electron chi connectivity index (χ0n) is 7.46. The highest BCUT2D eigenvalue weighted by Crippen LogP contribution is 2.67. The smallest absolute Gasteiger partial charge is 0.254 e. The maximum absolute atomic E-state index is 12.0. The first-order valence-corrected chi connectivity index (χ1v) is 7.35. The lowest BCUT2D eigenvalue weighted by Crippen LogP contribution is -2.05. The first kappa shape index (κ1) is 14.0. The van der Waals surface area contributed by atoms with Crippen molar-refractivity contribution in [3.63, 3.8) is 0 Å². The fraction of sp³-hybridized carbons (Fsp3) is 0. The molecule has 16 heavy (non-hydrogen) atoms. The molecule has 0 spiro atoms. The third-order valence-corrected chi connectivity index (χ3v) is 5.05. The van der Waals surface area contributed by atoms with Crippen LogP contribution in [0.3, 0.4) is 0 Å². The Kier molecular flexibility index (Phi) is 5.29. The molecule has 0 radical (unpaired) electrons. The van der Waals surface area contributed by atoms with Crippen LogP contribution in [-0.2, 0) is 13.2 Å². The van der Waals surface area contributed by atoms with Gasteiger partial charge in [-0.15, -0.1) is 0 Å². The Balaban J connectivity index is 3.00. The molecular formula is C6H5F4O3P3. The fourth-order valence-electron chi connectivity index (χ4n) is 0.882. The maximum Gasteiger partial charge on any atom is 0.423 e. The highest BCUT2D eigenvalue weighted by Gasteiger charge is 2.36. The van der Waals surface area contributed by atoms with E-state index in [1.54, 1.807) is 0 Å². The van der Waals surface area contributed by atoms with Crippen molar-refractivity contribution in [3.05, 3.63) is 30.3 Å². The van der Waals surface area contributed by atoms with Gasteiger partial charge in [0.1, 0.15) is 0 Å². The summed E-state index contributed by atoms with van der Waals surface area (Å²) in [5.41, 5.74) is 0.